The number of nitrogens with one attached hydrogen (secondary N) is 1. The average Bonchev–Trinajstić information content (AvgIpc) is 2.23. The van der Waals surface area contributed by atoms with Gasteiger partial charge in [0.2, 0.25) is 0 Å². The van der Waals surface area contributed by atoms with E-state index < -0.39 is 0 Å². The van der Waals surface area contributed by atoms with E-state index in [1.807, 2.05) is 0 Å². The Bertz CT molecular complexity index is 200. The fraction of sp³-hybridized carbons (Fsp3) is 1.00. The number of hydrogen-bond acceptors (Lipinski definition) is 3. The third-order valence-corrected chi connectivity index (χ3v) is 3.69. The third kappa shape index (κ3) is 2.92. The van der Waals surface area contributed by atoms with E-state index in [1.54, 1.807) is 0 Å². The topological polar surface area (TPSA) is 24.5 Å². The summed E-state index contributed by atoms with van der Waals surface area (Å²) >= 11 is 0. The van der Waals surface area contributed by atoms with Gasteiger partial charge in [0.15, 0.2) is 0 Å². The Morgan fingerprint density at radius 1 is 1.47 bits per heavy atom. The molecule has 88 valence electrons. The molecule has 2 aliphatic rings. The summed E-state index contributed by atoms with van der Waals surface area (Å²) in [6.07, 6.45) is 2.73. The number of nitrogens with zero attached hydrogens (tertiary/aromatic N) is 1. The maximum atomic E-state index is 5.55. The molecule has 1 unspecified atom stereocenters. The molecule has 3 nitrogen and oxygen atoms in total. The molecular formula is C12H24N2O. The maximum absolute atomic E-state index is 5.55. The second-order valence-corrected chi connectivity index (χ2v) is 5.52. The van der Waals surface area contributed by atoms with Gasteiger partial charge in [-0.2, -0.15) is 0 Å². The minimum Gasteiger partial charge on any atom is -0.378 e. The zero-order valence-electron chi connectivity index (χ0n) is 10.1. The molecule has 0 saturated carbocycles. The van der Waals surface area contributed by atoms with Crippen LogP contribution in [0.15, 0.2) is 0 Å². The monoisotopic (exact) mass is 212 g/mol. The van der Waals surface area contributed by atoms with E-state index in [0.29, 0.717) is 0 Å². The Kier molecular flexibility index (Phi) is 3.65. The lowest BCUT2D eigenvalue weighted by molar-refractivity contribution is -0.0582. The lowest BCUT2D eigenvalue weighted by Gasteiger charge is -2.44. The Morgan fingerprint density at radius 3 is 3.00 bits per heavy atom. The smallest absolute Gasteiger partial charge is 0.0645 e. The van der Waals surface area contributed by atoms with Crippen LogP contribution in [0.25, 0.3) is 0 Å². The molecule has 2 heterocycles. The zero-order valence-corrected chi connectivity index (χ0v) is 10.1. The van der Waals surface area contributed by atoms with Gasteiger partial charge in [0, 0.05) is 18.6 Å². The molecule has 0 spiro atoms. The molecule has 2 fully saturated rings. The predicted molar refractivity (Wildman–Crippen MR) is 62.1 cm³/mol. The SMILES string of the molecule is CC1(C)COCCN1CC1CCCNC1. The van der Waals surface area contributed by atoms with Crippen molar-refractivity contribution in [1.29, 1.82) is 0 Å². The maximum Gasteiger partial charge on any atom is 0.0645 e. The van der Waals surface area contributed by atoms with Gasteiger partial charge in [-0.25, -0.2) is 0 Å². The predicted octanol–water partition coefficient (Wildman–Crippen LogP) is 1.10. The van der Waals surface area contributed by atoms with Crippen molar-refractivity contribution in [3.05, 3.63) is 0 Å². The molecule has 1 atom stereocenters. The van der Waals surface area contributed by atoms with Crippen LogP contribution >= 0.6 is 0 Å². The number of ether oxygens (including phenoxy) is 1. The molecule has 1 N–H and O–H groups in total. The van der Waals surface area contributed by atoms with Gasteiger partial charge in [-0.05, 0) is 45.7 Å². The summed E-state index contributed by atoms with van der Waals surface area (Å²) in [7, 11) is 0. The molecule has 0 aromatic rings. The highest BCUT2D eigenvalue weighted by Crippen LogP contribution is 2.22. The highest BCUT2D eigenvalue weighted by Gasteiger charge is 2.32. The largest absolute Gasteiger partial charge is 0.378 e. The molecule has 0 aromatic carbocycles. The van der Waals surface area contributed by atoms with Crippen LogP contribution < -0.4 is 5.32 Å². The fourth-order valence-electron chi connectivity index (χ4n) is 2.62. The van der Waals surface area contributed by atoms with Crippen molar-refractivity contribution in [2.75, 3.05) is 39.4 Å². The van der Waals surface area contributed by atoms with Crippen molar-refractivity contribution in [3.8, 4) is 0 Å². The lowest BCUT2D eigenvalue weighted by atomic mass is 9.95. The summed E-state index contributed by atoms with van der Waals surface area (Å²) < 4.78 is 5.55. The van der Waals surface area contributed by atoms with Gasteiger partial charge < -0.3 is 10.1 Å². The van der Waals surface area contributed by atoms with Gasteiger partial charge in [-0.15, -0.1) is 0 Å². The van der Waals surface area contributed by atoms with E-state index in [1.165, 1.54) is 32.5 Å². The normalized spacial score (nSPS) is 32.8. The second kappa shape index (κ2) is 4.81. The van der Waals surface area contributed by atoms with Crippen molar-refractivity contribution >= 4 is 0 Å². The van der Waals surface area contributed by atoms with Gasteiger partial charge in [0.1, 0.15) is 0 Å². The molecule has 2 rings (SSSR count). The molecule has 3 heteroatoms. The van der Waals surface area contributed by atoms with Crippen LogP contribution in [-0.2, 0) is 4.74 Å². The van der Waals surface area contributed by atoms with E-state index >= 15 is 0 Å². The minimum absolute atomic E-state index is 0.232. The highest BCUT2D eigenvalue weighted by molar-refractivity contribution is 4.86. The van der Waals surface area contributed by atoms with Crippen LogP contribution in [0.1, 0.15) is 26.7 Å². The first-order chi connectivity index (χ1) is 7.18. The second-order valence-electron chi connectivity index (χ2n) is 5.52. The van der Waals surface area contributed by atoms with Gasteiger partial charge >= 0.3 is 0 Å². The molecule has 0 aliphatic carbocycles. The molecule has 0 bridgehead atoms. The number of hydrogen-bond donors (Lipinski definition) is 1. The van der Waals surface area contributed by atoms with Crippen LogP contribution in [0.3, 0.4) is 0 Å². The van der Waals surface area contributed by atoms with Crippen molar-refractivity contribution < 1.29 is 4.74 Å². The fourth-order valence-corrected chi connectivity index (χ4v) is 2.62. The average molecular weight is 212 g/mol. The first-order valence-corrected chi connectivity index (χ1v) is 6.22. The van der Waals surface area contributed by atoms with Crippen LogP contribution in [-0.4, -0.2) is 49.8 Å². The summed E-state index contributed by atoms with van der Waals surface area (Å²) in [4.78, 5) is 2.61. The first-order valence-electron chi connectivity index (χ1n) is 6.22. The van der Waals surface area contributed by atoms with Crippen LogP contribution in [0.2, 0.25) is 0 Å². The van der Waals surface area contributed by atoms with Gasteiger partial charge in [0.25, 0.3) is 0 Å². The molecule has 15 heavy (non-hydrogen) atoms. The number of piperidine rings is 1. The van der Waals surface area contributed by atoms with E-state index in [9.17, 15) is 0 Å². The minimum atomic E-state index is 0.232. The molecule has 2 aliphatic heterocycles. The summed E-state index contributed by atoms with van der Waals surface area (Å²) in [6, 6.07) is 0. The quantitative estimate of drug-likeness (QED) is 0.742. The highest BCUT2D eigenvalue weighted by atomic mass is 16.5. The van der Waals surface area contributed by atoms with Crippen molar-refractivity contribution in [2.45, 2.75) is 32.2 Å². The molecular weight excluding hydrogens is 188 g/mol. The van der Waals surface area contributed by atoms with E-state index in [2.05, 4.69) is 24.1 Å². The van der Waals surface area contributed by atoms with Gasteiger partial charge in [0.05, 0.1) is 13.2 Å². The van der Waals surface area contributed by atoms with Crippen molar-refractivity contribution in [2.24, 2.45) is 5.92 Å². The first kappa shape index (κ1) is 11.4. The summed E-state index contributed by atoms with van der Waals surface area (Å²) in [5, 5.41) is 3.49. The number of rotatable bonds is 2. The van der Waals surface area contributed by atoms with Crippen molar-refractivity contribution in [3.63, 3.8) is 0 Å². The summed E-state index contributed by atoms with van der Waals surface area (Å²) in [5.41, 5.74) is 0.232. The Labute approximate surface area is 93.2 Å². The Hall–Kier alpha value is -0.120. The number of morpholine rings is 1. The molecule has 0 aromatic heterocycles. The van der Waals surface area contributed by atoms with E-state index in [0.717, 1.165) is 25.7 Å². The zero-order chi connectivity index (χ0) is 10.7. The summed E-state index contributed by atoms with van der Waals surface area (Å²) in [5.74, 6) is 0.844. The third-order valence-electron chi connectivity index (χ3n) is 3.69. The molecule has 0 amide bonds. The van der Waals surface area contributed by atoms with Crippen LogP contribution in [0.4, 0.5) is 0 Å². The lowest BCUT2D eigenvalue weighted by Crippen LogP contribution is -2.55. The molecule has 2 saturated heterocycles. The van der Waals surface area contributed by atoms with E-state index in [4.69, 9.17) is 4.74 Å². The Balaban J connectivity index is 1.85. The van der Waals surface area contributed by atoms with Crippen LogP contribution in [0.5, 0.6) is 0 Å². The van der Waals surface area contributed by atoms with Gasteiger partial charge in [-0.1, -0.05) is 0 Å². The Morgan fingerprint density at radius 2 is 2.33 bits per heavy atom. The standard InChI is InChI=1S/C12H24N2O/c1-12(2)10-15-7-6-14(12)9-11-4-3-5-13-8-11/h11,13H,3-10H2,1-2H3. The van der Waals surface area contributed by atoms with E-state index in [-0.39, 0.29) is 5.54 Å². The van der Waals surface area contributed by atoms with Crippen LogP contribution in [0, 0.1) is 5.92 Å². The summed E-state index contributed by atoms with van der Waals surface area (Å²) in [6.45, 7) is 11.1. The van der Waals surface area contributed by atoms with Gasteiger partial charge in [-0.3, -0.25) is 4.90 Å². The molecule has 0 radical (unpaired) electrons. The van der Waals surface area contributed by atoms with Crippen molar-refractivity contribution in [1.82, 2.24) is 10.2 Å².